The summed E-state index contributed by atoms with van der Waals surface area (Å²) in [5.74, 6) is -1.93. The van der Waals surface area contributed by atoms with E-state index in [4.69, 9.17) is 9.84 Å². The Morgan fingerprint density at radius 1 is 0.794 bits per heavy atom. The second-order valence-corrected chi connectivity index (χ2v) is 9.14. The van der Waals surface area contributed by atoms with Gasteiger partial charge < -0.3 is 15.2 Å². The molecule has 0 aromatic heterocycles. The fourth-order valence-electron chi connectivity index (χ4n) is 3.93. The van der Waals surface area contributed by atoms with Crippen molar-refractivity contribution in [2.24, 2.45) is 0 Å². The van der Waals surface area contributed by atoms with E-state index in [2.05, 4.69) is 12.2 Å². The SMILES string of the molecule is CCCCCCCCCCCCCCCC(NC(=O)CCC(=O)O)C(=O)OCc1ccccc1. The normalized spacial score (nSPS) is 11.7. The maximum Gasteiger partial charge on any atom is 0.328 e. The monoisotopic (exact) mass is 475 g/mol. The van der Waals surface area contributed by atoms with Crippen LogP contribution in [0.25, 0.3) is 0 Å². The molecular formula is C28H45NO5. The Balaban J connectivity index is 2.26. The highest BCUT2D eigenvalue weighted by Crippen LogP contribution is 2.14. The minimum atomic E-state index is -1.03. The molecule has 0 spiro atoms. The van der Waals surface area contributed by atoms with E-state index in [0.29, 0.717) is 6.42 Å². The van der Waals surface area contributed by atoms with Crippen LogP contribution in [0.2, 0.25) is 0 Å². The van der Waals surface area contributed by atoms with Gasteiger partial charge >= 0.3 is 11.9 Å². The molecule has 6 nitrogen and oxygen atoms in total. The van der Waals surface area contributed by atoms with Gasteiger partial charge in [-0.1, -0.05) is 121 Å². The van der Waals surface area contributed by atoms with Gasteiger partial charge in [-0.3, -0.25) is 9.59 Å². The van der Waals surface area contributed by atoms with Gasteiger partial charge in [0.05, 0.1) is 6.42 Å². The van der Waals surface area contributed by atoms with Gasteiger partial charge in [-0.25, -0.2) is 4.79 Å². The molecule has 0 aliphatic heterocycles. The van der Waals surface area contributed by atoms with Crippen LogP contribution in [-0.4, -0.2) is 29.0 Å². The Morgan fingerprint density at radius 2 is 1.32 bits per heavy atom. The van der Waals surface area contributed by atoms with Crippen LogP contribution in [0.5, 0.6) is 0 Å². The van der Waals surface area contributed by atoms with Crippen molar-refractivity contribution in [2.75, 3.05) is 0 Å². The maximum absolute atomic E-state index is 12.6. The number of amides is 1. The summed E-state index contributed by atoms with van der Waals surface area (Å²) < 4.78 is 5.41. The van der Waals surface area contributed by atoms with Gasteiger partial charge in [0.15, 0.2) is 0 Å². The number of unbranched alkanes of at least 4 members (excludes halogenated alkanes) is 12. The van der Waals surface area contributed by atoms with E-state index in [1.54, 1.807) is 0 Å². The van der Waals surface area contributed by atoms with E-state index >= 15 is 0 Å². The number of carbonyl (C=O) groups excluding carboxylic acids is 2. The molecule has 0 radical (unpaired) electrons. The minimum Gasteiger partial charge on any atom is -0.481 e. The molecule has 1 aromatic carbocycles. The quantitative estimate of drug-likeness (QED) is 0.155. The molecule has 192 valence electrons. The Bertz CT molecular complexity index is 677. The highest BCUT2D eigenvalue weighted by Gasteiger charge is 2.22. The van der Waals surface area contributed by atoms with Crippen molar-refractivity contribution < 1.29 is 24.2 Å². The van der Waals surface area contributed by atoms with Crippen LogP contribution in [0.4, 0.5) is 0 Å². The second kappa shape index (κ2) is 20.0. The van der Waals surface area contributed by atoms with E-state index in [1.165, 1.54) is 64.2 Å². The molecule has 0 bridgehead atoms. The molecule has 34 heavy (non-hydrogen) atoms. The summed E-state index contributed by atoms with van der Waals surface area (Å²) in [6.45, 7) is 2.40. The number of ether oxygens (including phenoxy) is 1. The molecule has 0 aliphatic carbocycles. The third kappa shape index (κ3) is 16.3. The van der Waals surface area contributed by atoms with Gasteiger partial charge in [0.2, 0.25) is 5.91 Å². The fourth-order valence-corrected chi connectivity index (χ4v) is 3.93. The van der Waals surface area contributed by atoms with Crippen LogP contribution >= 0.6 is 0 Å². The predicted molar refractivity (Wildman–Crippen MR) is 135 cm³/mol. The van der Waals surface area contributed by atoms with Crippen LogP contribution in [-0.2, 0) is 25.7 Å². The fraction of sp³-hybridized carbons (Fsp3) is 0.679. The lowest BCUT2D eigenvalue weighted by Gasteiger charge is -2.18. The Hall–Kier alpha value is -2.37. The molecule has 1 atom stereocenters. The third-order valence-electron chi connectivity index (χ3n) is 6.01. The number of hydrogen-bond acceptors (Lipinski definition) is 4. The van der Waals surface area contributed by atoms with E-state index in [-0.39, 0.29) is 19.4 Å². The molecule has 0 heterocycles. The molecule has 1 rings (SSSR count). The highest BCUT2D eigenvalue weighted by atomic mass is 16.5. The van der Waals surface area contributed by atoms with Crippen molar-refractivity contribution in [3.05, 3.63) is 35.9 Å². The molecule has 1 unspecified atom stereocenters. The minimum absolute atomic E-state index is 0.142. The first kappa shape index (κ1) is 29.7. The smallest absolute Gasteiger partial charge is 0.328 e. The summed E-state index contributed by atoms with van der Waals surface area (Å²) in [5.41, 5.74) is 0.882. The number of aliphatic carboxylic acids is 1. The zero-order chi connectivity index (χ0) is 24.9. The summed E-state index contributed by atoms with van der Waals surface area (Å²) in [7, 11) is 0. The number of carboxylic acid groups (broad SMARTS) is 1. The predicted octanol–water partition coefficient (Wildman–Crippen LogP) is 6.56. The molecule has 2 N–H and O–H groups in total. The van der Waals surface area contributed by atoms with E-state index < -0.39 is 23.9 Å². The van der Waals surface area contributed by atoms with Crippen molar-refractivity contribution in [1.82, 2.24) is 5.32 Å². The molecule has 0 saturated carbocycles. The van der Waals surface area contributed by atoms with Crippen molar-refractivity contribution in [3.8, 4) is 0 Å². The van der Waals surface area contributed by atoms with Crippen molar-refractivity contribution >= 4 is 17.8 Å². The molecule has 0 fully saturated rings. The van der Waals surface area contributed by atoms with Crippen LogP contribution in [0, 0.1) is 0 Å². The van der Waals surface area contributed by atoms with Gasteiger partial charge in [-0.05, 0) is 12.0 Å². The number of hydrogen-bond donors (Lipinski definition) is 2. The largest absolute Gasteiger partial charge is 0.481 e. The number of benzene rings is 1. The van der Waals surface area contributed by atoms with E-state index in [9.17, 15) is 14.4 Å². The van der Waals surface area contributed by atoms with Crippen LogP contribution in [0.1, 0.15) is 115 Å². The average Bonchev–Trinajstić information content (AvgIpc) is 2.84. The first-order valence-corrected chi connectivity index (χ1v) is 13.2. The lowest BCUT2D eigenvalue weighted by molar-refractivity contribution is -0.149. The summed E-state index contributed by atoms with van der Waals surface area (Å²) >= 11 is 0. The van der Waals surface area contributed by atoms with Gasteiger partial charge in [0.25, 0.3) is 0 Å². The molecule has 6 heteroatoms. The van der Waals surface area contributed by atoms with Crippen LogP contribution in [0.3, 0.4) is 0 Å². The maximum atomic E-state index is 12.6. The highest BCUT2D eigenvalue weighted by molar-refractivity contribution is 5.86. The van der Waals surface area contributed by atoms with Gasteiger partial charge in [0.1, 0.15) is 12.6 Å². The third-order valence-corrected chi connectivity index (χ3v) is 6.01. The lowest BCUT2D eigenvalue weighted by Crippen LogP contribution is -2.41. The van der Waals surface area contributed by atoms with Gasteiger partial charge in [-0.15, -0.1) is 0 Å². The van der Waals surface area contributed by atoms with E-state index in [1.807, 2.05) is 30.3 Å². The zero-order valence-electron chi connectivity index (χ0n) is 21.1. The van der Waals surface area contributed by atoms with Crippen LogP contribution in [0.15, 0.2) is 30.3 Å². The standard InChI is InChI=1S/C28H45NO5/c1-2-3-4-5-6-7-8-9-10-11-12-13-17-20-25(29-26(30)21-22-27(31)32)28(33)34-23-24-18-15-14-16-19-24/h14-16,18-19,25H,2-13,17,20-23H2,1H3,(H,29,30)(H,31,32). The Labute approximate surface area is 205 Å². The Kier molecular flexibility index (Phi) is 17.5. The van der Waals surface area contributed by atoms with E-state index in [0.717, 1.165) is 24.8 Å². The molecule has 1 amide bonds. The van der Waals surface area contributed by atoms with Crippen molar-refractivity contribution in [2.45, 2.75) is 122 Å². The number of rotatable bonds is 21. The van der Waals surface area contributed by atoms with Gasteiger partial charge in [-0.2, -0.15) is 0 Å². The van der Waals surface area contributed by atoms with Gasteiger partial charge in [0, 0.05) is 6.42 Å². The number of carboxylic acids is 1. The van der Waals surface area contributed by atoms with Crippen molar-refractivity contribution in [3.63, 3.8) is 0 Å². The summed E-state index contributed by atoms with van der Waals surface area (Å²) in [4.78, 5) is 35.4. The summed E-state index contributed by atoms with van der Waals surface area (Å²) in [5, 5.41) is 11.5. The summed E-state index contributed by atoms with van der Waals surface area (Å²) in [6.07, 6.45) is 16.2. The number of esters is 1. The first-order valence-electron chi connectivity index (χ1n) is 13.2. The second-order valence-electron chi connectivity index (χ2n) is 9.14. The lowest BCUT2D eigenvalue weighted by atomic mass is 10.0. The summed E-state index contributed by atoms with van der Waals surface area (Å²) in [6, 6.07) is 8.66. The van der Waals surface area contributed by atoms with Crippen LogP contribution < -0.4 is 5.32 Å². The molecular weight excluding hydrogens is 430 g/mol. The van der Waals surface area contributed by atoms with Crippen molar-refractivity contribution in [1.29, 1.82) is 0 Å². The Morgan fingerprint density at radius 3 is 1.85 bits per heavy atom. The molecule has 1 aromatic rings. The number of nitrogens with one attached hydrogen (secondary N) is 1. The average molecular weight is 476 g/mol. The molecule has 0 saturated heterocycles. The molecule has 0 aliphatic rings. The number of carbonyl (C=O) groups is 3. The topological polar surface area (TPSA) is 92.7 Å². The zero-order valence-corrected chi connectivity index (χ0v) is 21.1. The first-order chi connectivity index (χ1) is 16.5.